The maximum atomic E-state index is 12.9. The van der Waals surface area contributed by atoms with Crippen LogP contribution < -0.4 is 11.0 Å². The SMILES string of the molecule is CCCn1c(=O)n(CCC(=O)NCc2ccc(F)cc2)c2ccccc21. The highest BCUT2D eigenvalue weighted by atomic mass is 19.1. The number of fused-ring (bicyclic) bond motifs is 1. The summed E-state index contributed by atoms with van der Waals surface area (Å²) in [5.41, 5.74) is 2.49. The molecule has 1 N–H and O–H groups in total. The van der Waals surface area contributed by atoms with Crippen molar-refractivity contribution >= 4 is 16.9 Å². The zero-order valence-electron chi connectivity index (χ0n) is 14.7. The van der Waals surface area contributed by atoms with Crippen LogP contribution in [-0.2, 0) is 24.4 Å². The standard InChI is InChI=1S/C20H22FN3O2/c1-2-12-23-17-5-3-4-6-18(17)24(20(23)26)13-11-19(25)22-14-15-7-9-16(21)10-8-15/h3-10H,2,11-14H2,1H3,(H,22,25). The molecule has 5 nitrogen and oxygen atoms in total. The summed E-state index contributed by atoms with van der Waals surface area (Å²) in [6.45, 7) is 3.35. The molecule has 3 aromatic rings. The minimum Gasteiger partial charge on any atom is -0.352 e. The lowest BCUT2D eigenvalue weighted by Gasteiger charge is -2.06. The number of hydrogen-bond donors (Lipinski definition) is 1. The minimum absolute atomic E-state index is 0.0839. The Labute approximate surface area is 151 Å². The number of rotatable bonds is 7. The number of carbonyl (C=O) groups is 1. The topological polar surface area (TPSA) is 56.0 Å². The van der Waals surface area contributed by atoms with Crippen LogP contribution in [0.2, 0.25) is 0 Å². The second-order valence-corrected chi connectivity index (χ2v) is 6.23. The van der Waals surface area contributed by atoms with E-state index < -0.39 is 0 Å². The molecule has 0 bridgehead atoms. The predicted octanol–water partition coefficient (Wildman–Crippen LogP) is 3.06. The Kier molecular flexibility index (Phi) is 5.51. The summed E-state index contributed by atoms with van der Waals surface area (Å²) in [7, 11) is 0. The first-order valence-electron chi connectivity index (χ1n) is 8.79. The lowest BCUT2D eigenvalue weighted by Crippen LogP contribution is -2.28. The third-order valence-corrected chi connectivity index (χ3v) is 4.34. The van der Waals surface area contributed by atoms with Crippen molar-refractivity contribution < 1.29 is 9.18 Å². The smallest absolute Gasteiger partial charge is 0.329 e. The van der Waals surface area contributed by atoms with Gasteiger partial charge in [0.25, 0.3) is 0 Å². The van der Waals surface area contributed by atoms with Crippen LogP contribution in [0.5, 0.6) is 0 Å². The summed E-state index contributed by atoms with van der Waals surface area (Å²) >= 11 is 0. The molecule has 26 heavy (non-hydrogen) atoms. The zero-order valence-corrected chi connectivity index (χ0v) is 14.7. The summed E-state index contributed by atoms with van der Waals surface area (Å²) < 4.78 is 16.3. The van der Waals surface area contributed by atoms with Gasteiger partial charge in [-0.25, -0.2) is 9.18 Å². The Hall–Kier alpha value is -2.89. The van der Waals surface area contributed by atoms with E-state index in [4.69, 9.17) is 0 Å². The van der Waals surface area contributed by atoms with Gasteiger partial charge in [-0.2, -0.15) is 0 Å². The van der Waals surface area contributed by atoms with Crippen molar-refractivity contribution in [3.63, 3.8) is 0 Å². The number of halogens is 1. The van der Waals surface area contributed by atoms with E-state index in [0.717, 1.165) is 23.0 Å². The maximum Gasteiger partial charge on any atom is 0.329 e. The predicted molar refractivity (Wildman–Crippen MR) is 99.4 cm³/mol. The summed E-state index contributed by atoms with van der Waals surface area (Å²) in [6.07, 6.45) is 1.08. The first-order chi connectivity index (χ1) is 12.6. The highest BCUT2D eigenvalue weighted by Gasteiger charge is 2.13. The molecule has 0 spiro atoms. The molecule has 0 atom stereocenters. The highest BCUT2D eigenvalue weighted by Crippen LogP contribution is 2.13. The van der Waals surface area contributed by atoms with Crippen molar-refractivity contribution in [1.29, 1.82) is 0 Å². The van der Waals surface area contributed by atoms with Crippen LogP contribution in [0.1, 0.15) is 25.3 Å². The van der Waals surface area contributed by atoms with Crippen LogP contribution in [-0.4, -0.2) is 15.0 Å². The van der Waals surface area contributed by atoms with E-state index in [2.05, 4.69) is 5.32 Å². The molecular formula is C20H22FN3O2. The monoisotopic (exact) mass is 355 g/mol. The molecule has 0 fully saturated rings. The van der Waals surface area contributed by atoms with E-state index in [0.29, 0.717) is 19.6 Å². The summed E-state index contributed by atoms with van der Waals surface area (Å²) in [4.78, 5) is 24.8. The number of para-hydroxylation sites is 2. The number of aryl methyl sites for hydroxylation is 2. The molecule has 6 heteroatoms. The number of carbonyl (C=O) groups excluding carboxylic acids is 1. The van der Waals surface area contributed by atoms with Crippen molar-refractivity contribution in [3.05, 3.63) is 70.4 Å². The molecule has 0 saturated carbocycles. The Morgan fingerprint density at radius 3 is 2.23 bits per heavy atom. The Bertz CT molecular complexity index is 957. The lowest BCUT2D eigenvalue weighted by atomic mass is 10.2. The van der Waals surface area contributed by atoms with Crippen molar-refractivity contribution in [2.75, 3.05) is 0 Å². The van der Waals surface area contributed by atoms with Crippen molar-refractivity contribution in [3.8, 4) is 0 Å². The van der Waals surface area contributed by atoms with E-state index in [1.54, 1.807) is 21.3 Å². The maximum absolute atomic E-state index is 12.9. The van der Waals surface area contributed by atoms with Crippen LogP contribution in [0.15, 0.2) is 53.3 Å². The fraction of sp³-hybridized carbons (Fsp3) is 0.300. The van der Waals surface area contributed by atoms with Gasteiger partial charge >= 0.3 is 5.69 Å². The first-order valence-corrected chi connectivity index (χ1v) is 8.79. The van der Waals surface area contributed by atoms with E-state index in [1.165, 1.54) is 12.1 Å². The molecule has 1 heterocycles. The van der Waals surface area contributed by atoms with Gasteiger partial charge in [0.05, 0.1) is 11.0 Å². The second kappa shape index (κ2) is 7.99. The van der Waals surface area contributed by atoms with E-state index in [1.807, 2.05) is 31.2 Å². The van der Waals surface area contributed by atoms with Gasteiger partial charge in [0.2, 0.25) is 5.91 Å². The third-order valence-electron chi connectivity index (χ3n) is 4.34. The summed E-state index contributed by atoms with van der Waals surface area (Å²) in [5, 5.41) is 2.80. The quantitative estimate of drug-likeness (QED) is 0.708. The molecule has 0 aliphatic carbocycles. The van der Waals surface area contributed by atoms with Crippen LogP contribution in [0, 0.1) is 5.82 Å². The molecule has 136 valence electrons. The van der Waals surface area contributed by atoms with Crippen LogP contribution in [0.3, 0.4) is 0 Å². The average Bonchev–Trinajstić information content (AvgIpc) is 2.92. The molecule has 3 rings (SSSR count). The largest absolute Gasteiger partial charge is 0.352 e. The van der Waals surface area contributed by atoms with E-state index in [-0.39, 0.29) is 23.8 Å². The molecule has 0 radical (unpaired) electrons. The Morgan fingerprint density at radius 1 is 1.00 bits per heavy atom. The van der Waals surface area contributed by atoms with E-state index in [9.17, 15) is 14.0 Å². The normalized spacial score (nSPS) is 11.0. The van der Waals surface area contributed by atoms with Gasteiger partial charge in [0.15, 0.2) is 0 Å². The van der Waals surface area contributed by atoms with Gasteiger partial charge in [0, 0.05) is 26.1 Å². The first kappa shape index (κ1) is 17.9. The molecule has 0 aliphatic heterocycles. The fourth-order valence-corrected chi connectivity index (χ4v) is 3.03. The van der Waals surface area contributed by atoms with Crippen LogP contribution in [0.4, 0.5) is 4.39 Å². The van der Waals surface area contributed by atoms with Gasteiger partial charge in [-0.05, 0) is 36.2 Å². The van der Waals surface area contributed by atoms with Gasteiger partial charge in [-0.3, -0.25) is 13.9 Å². The second-order valence-electron chi connectivity index (χ2n) is 6.23. The number of hydrogen-bond acceptors (Lipinski definition) is 2. The Balaban J connectivity index is 1.67. The summed E-state index contributed by atoms with van der Waals surface area (Å²) in [5.74, 6) is -0.448. The number of imidazole rings is 1. The molecule has 1 amide bonds. The highest BCUT2D eigenvalue weighted by molar-refractivity contribution is 5.78. The van der Waals surface area contributed by atoms with Crippen LogP contribution in [0.25, 0.3) is 11.0 Å². The number of nitrogens with one attached hydrogen (secondary N) is 1. The average molecular weight is 355 g/mol. The number of nitrogens with zero attached hydrogens (tertiary/aromatic N) is 2. The van der Waals surface area contributed by atoms with Gasteiger partial charge in [-0.15, -0.1) is 0 Å². The minimum atomic E-state index is -0.303. The van der Waals surface area contributed by atoms with Gasteiger partial charge in [0.1, 0.15) is 5.82 Å². The van der Waals surface area contributed by atoms with Crippen molar-refractivity contribution in [2.24, 2.45) is 0 Å². The van der Waals surface area contributed by atoms with Crippen molar-refractivity contribution in [2.45, 2.75) is 39.4 Å². The number of amides is 1. The summed E-state index contributed by atoms with van der Waals surface area (Å²) in [6, 6.07) is 13.6. The van der Waals surface area contributed by atoms with Crippen molar-refractivity contribution in [1.82, 2.24) is 14.5 Å². The lowest BCUT2D eigenvalue weighted by molar-refractivity contribution is -0.121. The van der Waals surface area contributed by atoms with E-state index >= 15 is 0 Å². The molecule has 2 aromatic carbocycles. The molecule has 1 aromatic heterocycles. The van der Waals surface area contributed by atoms with Gasteiger partial charge in [-0.1, -0.05) is 31.2 Å². The molecular weight excluding hydrogens is 333 g/mol. The zero-order chi connectivity index (χ0) is 18.5. The molecule has 0 unspecified atom stereocenters. The van der Waals surface area contributed by atoms with Gasteiger partial charge < -0.3 is 5.32 Å². The van der Waals surface area contributed by atoms with Crippen LogP contribution >= 0.6 is 0 Å². The fourth-order valence-electron chi connectivity index (χ4n) is 3.03. The Morgan fingerprint density at radius 2 is 1.62 bits per heavy atom. The third kappa shape index (κ3) is 3.85. The molecule has 0 saturated heterocycles. The number of aromatic nitrogens is 2. The number of benzene rings is 2. The molecule has 0 aliphatic rings.